The van der Waals surface area contributed by atoms with Gasteiger partial charge in [0.2, 0.25) is 0 Å². The first-order valence-corrected chi connectivity index (χ1v) is 6.22. The summed E-state index contributed by atoms with van der Waals surface area (Å²) in [7, 11) is 0. The van der Waals surface area contributed by atoms with E-state index in [1.807, 2.05) is 0 Å². The average molecular weight is 289 g/mol. The van der Waals surface area contributed by atoms with Gasteiger partial charge in [-0.1, -0.05) is 6.92 Å². The Morgan fingerprint density at radius 2 is 1.80 bits per heavy atom. The molecule has 0 heterocycles. The van der Waals surface area contributed by atoms with Crippen LogP contribution < -0.4 is 10.1 Å². The maximum atomic E-state index is 12.3. The van der Waals surface area contributed by atoms with Crippen LogP contribution in [0.2, 0.25) is 0 Å². The van der Waals surface area contributed by atoms with Crippen molar-refractivity contribution in [2.24, 2.45) is 0 Å². The lowest BCUT2D eigenvalue weighted by Crippen LogP contribution is -2.40. The van der Waals surface area contributed by atoms with Crippen molar-refractivity contribution in [3.8, 4) is 5.75 Å². The molecule has 0 aliphatic heterocycles. The quantitative estimate of drug-likeness (QED) is 0.922. The largest absolute Gasteiger partial charge is 0.573 e. The zero-order valence-corrected chi connectivity index (χ0v) is 11.9. The first kappa shape index (κ1) is 16.3. The zero-order chi connectivity index (χ0) is 15.6. The minimum absolute atomic E-state index is 0.151. The Morgan fingerprint density at radius 1 is 1.20 bits per heavy atom. The third kappa shape index (κ3) is 5.50. The van der Waals surface area contributed by atoms with Gasteiger partial charge in [-0.05, 0) is 51.0 Å². The fourth-order valence-corrected chi connectivity index (χ4v) is 1.60. The number of aryl methyl sites for hydroxylation is 1. The summed E-state index contributed by atoms with van der Waals surface area (Å²) in [6, 6.07) is 3.93. The van der Waals surface area contributed by atoms with Gasteiger partial charge < -0.3 is 10.1 Å². The second kappa shape index (κ2) is 5.73. The molecule has 0 atom stereocenters. The van der Waals surface area contributed by atoms with Crippen molar-refractivity contribution in [2.75, 3.05) is 0 Å². The summed E-state index contributed by atoms with van der Waals surface area (Å²) in [6.07, 6.45) is -4.27. The fourth-order valence-electron chi connectivity index (χ4n) is 1.60. The highest BCUT2D eigenvalue weighted by Crippen LogP contribution is 2.25. The van der Waals surface area contributed by atoms with E-state index in [1.54, 1.807) is 33.8 Å². The summed E-state index contributed by atoms with van der Waals surface area (Å²) >= 11 is 0. The van der Waals surface area contributed by atoms with E-state index in [9.17, 15) is 18.0 Å². The molecule has 1 amide bonds. The summed E-state index contributed by atoms with van der Waals surface area (Å²) in [5.41, 5.74) is 0.286. The monoisotopic (exact) mass is 289 g/mol. The van der Waals surface area contributed by atoms with E-state index in [2.05, 4.69) is 10.1 Å². The second-order valence-electron chi connectivity index (χ2n) is 5.47. The van der Waals surface area contributed by atoms with E-state index in [-0.39, 0.29) is 11.3 Å². The smallest absolute Gasteiger partial charge is 0.406 e. The standard InChI is InChI=1S/C14H18F3NO2/c1-5-9-6-10(12(19)18-13(2,3)4)8-11(7-9)20-14(15,16)17/h6-8H,5H2,1-4H3,(H,18,19). The highest BCUT2D eigenvalue weighted by atomic mass is 19.4. The van der Waals surface area contributed by atoms with Gasteiger partial charge in [-0.2, -0.15) is 0 Å². The lowest BCUT2D eigenvalue weighted by atomic mass is 10.0. The predicted octanol–water partition coefficient (Wildman–Crippen LogP) is 3.68. The van der Waals surface area contributed by atoms with E-state index < -0.39 is 17.8 Å². The molecule has 0 saturated carbocycles. The fraction of sp³-hybridized carbons (Fsp3) is 0.500. The molecule has 0 saturated heterocycles. The molecule has 20 heavy (non-hydrogen) atoms. The van der Waals surface area contributed by atoms with Crippen LogP contribution in [0.4, 0.5) is 13.2 Å². The number of carbonyl (C=O) groups is 1. The number of carbonyl (C=O) groups excluding carboxylic acids is 1. The molecular formula is C14H18F3NO2. The number of halogens is 3. The second-order valence-corrected chi connectivity index (χ2v) is 5.47. The van der Waals surface area contributed by atoms with Crippen LogP contribution in [0.1, 0.15) is 43.6 Å². The van der Waals surface area contributed by atoms with E-state index in [4.69, 9.17) is 0 Å². The van der Waals surface area contributed by atoms with Crippen molar-refractivity contribution in [1.29, 1.82) is 0 Å². The summed E-state index contributed by atoms with van der Waals surface area (Å²) in [5.74, 6) is -0.810. The van der Waals surface area contributed by atoms with Gasteiger partial charge in [0.15, 0.2) is 0 Å². The van der Waals surface area contributed by atoms with E-state index in [1.165, 1.54) is 6.07 Å². The molecule has 1 N–H and O–H groups in total. The maximum Gasteiger partial charge on any atom is 0.573 e. The molecule has 0 aliphatic rings. The Balaban J connectivity index is 3.07. The lowest BCUT2D eigenvalue weighted by molar-refractivity contribution is -0.274. The van der Waals surface area contributed by atoms with Crippen LogP contribution in [0.3, 0.4) is 0 Å². The third-order valence-electron chi connectivity index (χ3n) is 2.36. The Bertz CT molecular complexity index is 490. The van der Waals surface area contributed by atoms with Crippen molar-refractivity contribution < 1.29 is 22.7 Å². The molecule has 1 rings (SSSR count). The van der Waals surface area contributed by atoms with Crippen molar-refractivity contribution >= 4 is 5.91 Å². The number of benzene rings is 1. The Labute approximate surface area is 116 Å². The first-order chi connectivity index (χ1) is 9.00. The number of hydrogen-bond donors (Lipinski definition) is 1. The normalized spacial score (nSPS) is 12.2. The zero-order valence-electron chi connectivity index (χ0n) is 11.9. The van der Waals surface area contributed by atoms with E-state index in [0.29, 0.717) is 12.0 Å². The van der Waals surface area contributed by atoms with Crippen LogP contribution in [-0.2, 0) is 6.42 Å². The first-order valence-electron chi connectivity index (χ1n) is 6.22. The van der Waals surface area contributed by atoms with Crippen LogP contribution in [0.15, 0.2) is 18.2 Å². The van der Waals surface area contributed by atoms with Crippen LogP contribution >= 0.6 is 0 Å². The molecule has 0 aliphatic carbocycles. The number of ether oxygens (including phenoxy) is 1. The van der Waals surface area contributed by atoms with Crippen LogP contribution in [0.5, 0.6) is 5.75 Å². The molecule has 0 bridgehead atoms. The molecule has 0 unspecified atom stereocenters. The summed E-state index contributed by atoms with van der Waals surface area (Å²) < 4.78 is 40.7. The molecule has 0 aromatic heterocycles. The molecule has 1 aromatic carbocycles. The van der Waals surface area contributed by atoms with Crippen LogP contribution in [0, 0.1) is 0 Å². The lowest BCUT2D eigenvalue weighted by Gasteiger charge is -2.21. The van der Waals surface area contributed by atoms with Gasteiger partial charge in [0, 0.05) is 11.1 Å². The minimum atomic E-state index is -4.77. The van der Waals surface area contributed by atoms with E-state index >= 15 is 0 Å². The number of alkyl halides is 3. The SMILES string of the molecule is CCc1cc(OC(F)(F)F)cc(C(=O)NC(C)(C)C)c1. The summed E-state index contributed by atoms with van der Waals surface area (Å²) in [6.45, 7) is 7.17. The summed E-state index contributed by atoms with van der Waals surface area (Å²) in [4.78, 5) is 12.0. The molecule has 3 nitrogen and oxygen atoms in total. The van der Waals surface area contributed by atoms with Crippen molar-refractivity contribution in [2.45, 2.75) is 46.0 Å². The van der Waals surface area contributed by atoms with Gasteiger partial charge in [0.05, 0.1) is 0 Å². The summed E-state index contributed by atoms with van der Waals surface area (Å²) in [5, 5.41) is 2.70. The van der Waals surface area contributed by atoms with Gasteiger partial charge in [0.1, 0.15) is 5.75 Å². The maximum absolute atomic E-state index is 12.3. The van der Waals surface area contributed by atoms with Crippen LogP contribution in [0.25, 0.3) is 0 Å². The third-order valence-corrected chi connectivity index (χ3v) is 2.36. The highest BCUT2D eigenvalue weighted by molar-refractivity contribution is 5.95. The number of nitrogens with one attached hydrogen (secondary N) is 1. The van der Waals surface area contributed by atoms with Crippen molar-refractivity contribution in [3.63, 3.8) is 0 Å². The number of amides is 1. The molecule has 0 radical (unpaired) electrons. The average Bonchev–Trinajstić information content (AvgIpc) is 2.23. The van der Waals surface area contributed by atoms with Gasteiger partial charge >= 0.3 is 6.36 Å². The van der Waals surface area contributed by atoms with Gasteiger partial charge in [-0.3, -0.25) is 4.79 Å². The van der Waals surface area contributed by atoms with E-state index in [0.717, 1.165) is 6.07 Å². The topological polar surface area (TPSA) is 38.3 Å². The molecule has 6 heteroatoms. The van der Waals surface area contributed by atoms with Gasteiger partial charge in [-0.15, -0.1) is 13.2 Å². The predicted molar refractivity (Wildman–Crippen MR) is 69.7 cm³/mol. The van der Waals surface area contributed by atoms with Gasteiger partial charge in [-0.25, -0.2) is 0 Å². The minimum Gasteiger partial charge on any atom is -0.406 e. The van der Waals surface area contributed by atoms with Crippen LogP contribution in [-0.4, -0.2) is 17.8 Å². The highest BCUT2D eigenvalue weighted by Gasteiger charge is 2.31. The molecule has 0 fully saturated rings. The Kier molecular flexibility index (Phi) is 4.68. The number of rotatable bonds is 3. The molecule has 112 valence electrons. The van der Waals surface area contributed by atoms with Crippen molar-refractivity contribution in [3.05, 3.63) is 29.3 Å². The van der Waals surface area contributed by atoms with Gasteiger partial charge in [0.25, 0.3) is 5.91 Å². The Morgan fingerprint density at radius 3 is 2.25 bits per heavy atom. The molecule has 1 aromatic rings. The van der Waals surface area contributed by atoms with Crippen molar-refractivity contribution in [1.82, 2.24) is 5.32 Å². The molecule has 0 spiro atoms. The Hall–Kier alpha value is -1.72. The number of hydrogen-bond acceptors (Lipinski definition) is 2. The molecular weight excluding hydrogens is 271 g/mol.